The summed E-state index contributed by atoms with van der Waals surface area (Å²) < 4.78 is 40.2. The van der Waals surface area contributed by atoms with Gasteiger partial charge < -0.3 is 24.2 Å². The maximum atomic E-state index is 14.7. The summed E-state index contributed by atoms with van der Waals surface area (Å²) >= 11 is 0. The predicted molar refractivity (Wildman–Crippen MR) is 99.4 cm³/mol. The molecule has 0 atom stereocenters. The molecule has 0 aliphatic rings. The van der Waals surface area contributed by atoms with Crippen molar-refractivity contribution in [3.8, 4) is 17.2 Å². The van der Waals surface area contributed by atoms with Gasteiger partial charge in [0.15, 0.2) is 11.6 Å². The number of aliphatic hydroxyl groups is 2. The number of methoxy groups -OCH3 is 2. The first kappa shape index (κ1) is 21.9. The Morgan fingerprint density at radius 1 is 1.04 bits per heavy atom. The van der Waals surface area contributed by atoms with Gasteiger partial charge in [0.05, 0.1) is 27.4 Å². The van der Waals surface area contributed by atoms with Gasteiger partial charge in [-0.25, -0.2) is 8.96 Å². The second-order valence-corrected chi connectivity index (χ2v) is 6.76. The van der Waals surface area contributed by atoms with Crippen LogP contribution >= 0.6 is 7.82 Å². The Hall–Kier alpha value is -2.42. The molecule has 0 unspecified atom stereocenters. The first-order chi connectivity index (χ1) is 13.2. The molecule has 0 amide bonds. The highest BCUT2D eigenvalue weighted by molar-refractivity contribution is 7.46. The fourth-order valence-corrected chi connectivity index (χ4v) is 2.97. The van der Waals surface area contributed by atoms with Crippen molar-refractivity contribution in [3.05, 3.63) is 52.3 Å². The standard InChI is InChI=1S/C18H20FO8P/c1-25-15-6-5-12(17(19)18(15)27-28(22,23)24)4-3-11-7-13(9-20)14(10-21)16(8-11)26-2/h3-8,20-21H,9-10H2,1-2H3,(H2,22,23,24)/b4-3-. The van der Waals surface area contributed by atoms with Gasteiger partial charge >= 0.3 is 7.82 Å². The largest absolute Gasteiger partial charge is 0.525 e. The van der Waals surface area contributed by atoms with Crippen LogP contribution in [0.4, 0.5) is 4.39 Å². The molecule has 0 saturated heterocycles. The molecule has 0 bridgehead atoms. The van der Waals surface area contributed by atoms with Crippen LogP contribution in [0.1, 0.15) is 22.3 Å². The molecule has 0 spiro atoms. The molecular formula is C18H20FO8P. The van der Waals surface area contributed by atoms with E-state index < -0.39 is 19.4 Å². The average Bonchev–Trinajstić information content (AvgIpc) is 2.66. The lowest BCUT2D eigenvalue weighted by atomic mass is 10.0. The zero-order valence-electron chi connectivity index (χ0n) is 15.1. The maximum Gasteiger partial charge on any atom is 0.525 e. The van der Waals surface area contributed by atoms with Gasteiger partial charge in [0.25, 0.3) is 0 Å². The van der Waals surface area contributed by atoms with Crippen LogP contribution in [0.25, 0.3) is 12.2 Å². The summed E-state index contributed by atoms with van der Waals surface area (Å²) in [5.74, 6) is -1.54. The normalized spacial score (nSPS) is 11.7. The van der Waals surface area contributed by atoms with E-state index in [0.29, 0.717) is 22.4 Å². The van der Waals surface area contributed by atoms with Crippen molar-refractivity contribution >= 4 is 20.0 Å². The molecule has 0 radical (unpaired) electrons. The lowest BCUT2D eigenvalue weighted by Crippen LogP contribution is -2.00. The highest BCUT2D eigenvalue weighted by atomic mass is 31.2. The Balaban J connectivity index is 2.47. The zero-order valence-corrected chi connectivity index (χ0v) is 16.0. The second-order valence-electron chi connectivity index (χ2n) is 5.59. The van der Waals surface area contributed by atoms with Crippen LogP contribution in [0.3, 0.4) is 0 Å². The third kappa shape index (κ3) is 5.09. The van der Waals surface area contributed by atoms with E-state index in [-0.39, 0.29) is 24.5 Å². The van der Waals surface area contributed by atoms with E-state index in [1.54, 1.807) is 12.1 Å². The Morgan fingerprint density at radius 2 is 1.71 bits per heavy atom. The first-order valence-electron chi connectivity index (χ1n) is 7.95. The molecule has 10 heteroatoms. The van der Waals surface area contributed by atoms with Gasteiger partial charge in [0.2, 0.25) is 5.75 Å². The Morgan fingerprint density at radius 3 is 2.25 bits per heavy atom. The summed E-state index contributed by atoms with van der Waals surface area (Å²) in [5, 5.41) is 18.9. The lowest BCUT2D eigenvalue weighted by Gasteiger charge is -2.13. The van der Waals surface area contributed by atoms with Crippen molar-refractivity contribution in [2.45, 2.75) is 13.2 Å². The SMILES string of the molecule is COc1cc(/C=C\c2ccc(OC)c(OP(=O)(O)O)c2F)cc(CO)c1CO. The predicted octanol–water partition coefficient (Wildman–Crippen LogP) is 2.47. The lowest BCUT2D eigenvalue weighted by molar-refractivity contribution is 0.254. The Kier molecular flexibility index (Phi) is 7.17. The van der Waals surface area contributed by atoms with E-state index in [1.165, 1.54) is 38.5 Å². The molecule has 2 aromatic carbocycles. The average molecular weight is 414 g/mol. The number of halogens is 1. The van der Waals surface area contributed by atoms with E-state index in [0.717, 1.165) is 0 Å². The van der Waals surface area contributed by atoms with Gasteiger partial charge in [-0.2, -0.15) is 0 Å². The van der Waals surface area contributed by atoms with Crippen LogP contribution in [0.2, 0.25) is 0 Å². The van der Waals surface area contributed by atoms with Gasteiger partial charge in [-0.15, -0.1) is 0 Å². The molecule has 0 aliphatic carbocycles. The van der Waals surface area contributed by atoms with Crippen LogP contribution in [-0.2, 0) is 17.8 Å². The summed E-state index contributed by atoms with van der Waals surface area (Å²) in [5.41, 5.74) is 1.42. The fourth-order valence-electron chi connectivity index (χ4n) is 2.56. The van der Waals surface area contributed by atoms with E-state index in [4.69, 9.17) is 19.3 Å². The molecule has 0 fully saturated rings. The molecule has 0 saturated carbocycles. The monoisotopic (exact) mass is 414 g/mol. The van der Waals surface area contributed by atoms with Gasteiger partial charge in [-0.1, -0.05) is 12.2 Å². The molecule has 4 N–H and O–H groups in total. The third-order valence-electron chi connectivity index (χ3n) is 3.85. The van der Waals surface area contributed by atoms with Crippen LogP contribution in [-0.4, -0.2) is 34.2 Å². The van der Waals surface area contributed by atoms with Crippen molar-refractivity contribution in [2.24, 2.45) is 0 Å². The molecule has 28 heavy (non-hydrogen) atoms. The maximum absolute atomic E-state index is 14.7. The van der Waals surface area contributed by atoms with Crippen molar-refractivity contribution < 1.29 is 43.0 Å². The third-order valence-corrected chi connectivity index (χ3v) is 4.27. The van der Waals surface area contributed by atoms with Crippen LogP contribution in [0.5, 0.6) is 17.2 Å². The number of ether oxygens (including phenoxy) is 2. The number of hydrogen-bond donors (Lipinski definition) is 4. The minimum absolute atomic E-state index is 0.0139. The summed E-state index contributed by atoms with van der Waals surface area (Å²) in [7, 11) is -2.37. The van der Waals surface area contributed by atoms with Crippen molar-refractivity contribution in [1.29, 1.82) is 0 Å². The van der Waals surface area contributed by atoms with Gasteiger partial charge in [0.1, 0.15) is 5.75 Å². The van der Waals surface area contributed by atoms with Crippen molar-refractivity contribution in [3.63, 3.8) is 0 Å². The molecule has 8 nitrogen and oxygen atoms in total. The van der Waals surface area contributed by atoms with E-state index in [1.807, 2.05) is 0 Å². The molecular weight excluding hydrogens is 394 g/mol. The molecule has 2 aromatic rings. The fraction of sp³-hybridized carbons (Fsp3) is 0.222. The second kappa shape index (κ2) is 9.18. The van der Waals surface area contributed by atoms with Crippen molar-refractivity contribution in [2.75, 3.05) is 14.2 Å². The number of phosphoric acid groups is 1. The molecule has 0 aromatic heterocycles. The first-order valence-corrected chi connectivity index (χ1v) is 9.48. The summed E-state index contributed by atoms with van der Waals surface area (Å²) in [6.07, 6.45) is 2.87. The Bertz CT molecular complexity index is 897. The van der Waals surface area contributed by atoms with E-state index >= 15 is 0 Å². The highest BCUT2D eigenvalue weighted by Gasteiger charge is 2.24. The number of phosphoric ester groups is 1. The minimum atomic E-state index is -4.99. The molecule has 0 heterocycles. The van der Waals surface area contributed by atoms with Crippen LogP contribution in [0.15, 0.2) is 24.3 Å². The summed E-state index contributed by atoms with van der Waals surface area (Å²) in [4.78, 5) is 17.9. The summed E-state index contributed by atoms with van der Waals surface area (Å²) in [6.45, 7) is -0.648. The number of rotatable bonds is 8. The molecule has 152 valence electrons. The van der Waals surface area contributed by atoms with E-state index in [9.17, 15) is 19.2 Å². The van der Waals surface area contributed by atoms with Crippen LogP contribution in [0, 0.1) is 5.82 Å². The van der Waals surface area contributed by atoms with Gasteiger partial charge in [-0.3, -0.25) is 9.79 Å². The Labute approximate surface area is 160 Å². The molecule has 2 rings (SSSR count). The van der Waals surface area contributed by atoms with Crippen LogP contribution < -0.4 is 14.0 Å². The minimum Gasteiger partial charge on any atom is -0.496 e. The highest BCUT2D eigenvalue weighted by Crippen LogP contribution is 2.44. The topological polar surface area (TPSA) is 126 Å². The van der Waals surface area contributed by atoms with Gasteiger partial charge in [0, 0.05) is 11.1 Å². The quantitative estimate of drug-likeness (QED) is 0.384. The van der Waals surface area contributed by atoms with E-state index in [2.05, 4.69) is 4.52 Å². The zero-order chi connectivity index (χ0) is 20.9. The smallest absolute Gasteiger partial charge is 0.496 e. The number of aliphatic hydroxyl groups excluding tert-OH is 2. The van der Waals surface area contributed by atoms with Crippen molar-refractivity contribution in [1.82, 2.24) is 0 Å². The van der Waals surface area contributed by atoms with Gasteiger partial charge in [-0.05, 0) is 35.4 Å². The number of hydrogen-bond acceptors (Lipinski definition) is 6. The summed E-state index contributed by atoms with van der Waals surface area (Å²) in [6, 6.07) is 5.85. The molecule has 0 aliphatic heterocycles. The number of benzene rings is 2.